The Hall–Kier alpha value is -1.63. The minimum absolute atomic E-state index is 0.0473. The maximum atomic E-state index is 12.2. The molecule has 8 heteroatoms. The molecule has 1 aromatic heterocycles. The van der Waals surface area contributed by atoms with Gasteiger partial charge in [-0.2, -0.15) is 4.98 Å². The molecule has 0 saturated carbocycles. The standard InChI is InChI=1S/C9H17NO2.C4H3ClFN3/c1-9(2,3)12-8(11)10-6-4-5-7-10;5-4-8-1-2(6)3(7)9-4/h4-7H2,1-3H3;1H,(H2,7,8,9). The number of anilines is 1. The van der Waals surface area contributed by atoms with E-state index in [-0.39, 0.29) is 22.8 Å². The van der Waals surface area contributed by atoms with E-state index in [1.165, 1.54) is 0 Å². The highest BCUT2D eigenvalue weighted by Crippen LogP contribution is 2.14. The fourth-order valence-electron chi connectivity index (χ4n) is 1.58. The van der Waals surface area contributed by atoms with Crippen LogP contribution < -0.4 is 5.73 Å². The molecule has 21 heavy (non-hydrogen) atoms. The van der Waals surface area contributed by atoms with E-state index in [1.807, 2.05) is 20.8 Å². The molecule has 2 N–H and O–H groups in total. The molecule has 1 saturated heterocycles. The highest BCUT2D eigenvalue weighted by atomic mass is 35.5. The monoisotopic (exact) mass is 318 g/mol. The van der Waals surface area contributed by atoms with Crippen molar-refractivity contribution in [1.29, 1.82) is 0 Å². The van der Waals surface area contributed by atoms with E-state index in [0.717, 1.165) is 32.1 Å². The van der Waals surface area contributed by atoms with E-state index in [4.69, 9.17) is 22.1 Å². The van der Waals surface area contributed by atoms with Gasteiger partial charge in [0.25, 0.3) is 0 Å². The van der Waals surface area contributed by atoms with E-state index in [0.29, 0.717) is 0 Å². The van der Waals surface area contributed by atoms with Gasteiger partial charge in [-0.3, -0.25) is 0 Å². The van der Waals surface area contributed by atoms with Crippen molar-refractivity contribution >= 4 is 23.5 Å². The Morgan fingerprint density at radius 3 is 2.43 bits per heavy atom. The molecule has 0 unspecified atom stereocenters. The van der Waals surface area contributed by atoms with Crippen molar-refractivity contribution in [3.05, 3.63) is 17.3 Å². The summed E-state index contributed by atoms with van der Waals surface area (Å²) in [5, 5.41) is -0.0473. The zero-order chi connectivity index (χ0) is 16.0. The molecule has 1 aliphatic rings. The number of halogens is 2. The third-order valence-electron chi connectivity index (χ3n) is 2.50. The lowest BCUT2D eigenvalue weighted by Crippen LogP contribution is -2.34. The Morgan fingerprint density at radius 2 is 2.00 bits per heavy atom. The van der Waals surface area contributed by atoms with E-state index in [1.54, 1.807) is 4.90 Å². The number of nitrogens with zero attached hydrogens (tertiary/aromatic N) is 3. The second kappa shape index (κ2) is 7.40. The average molecular weight is 319 g/mol. The van der Waals surface area contributed by atoms with Crippen molar-refractivity contribution in [1.82, 2.24) is 14.9 Å². The van der Waals surface area contributed by atoms with Crippen LogP contribution >= 0.6 is 11.6 Å². The number of carbonyl (C=O) groups excluding carboxylic acids is 1. The summed E-state index contributed by atoms with van der Waals surface area (Å²) in [6.45, 7) is 7.38. The number of hydrogen-bond acceptors (Lipinski definition) is 5. The van der Waals surface area contributed by atoms with Crippen LogP contribution in [-0.2, 0) is 4.74 Å². The first-order chi connectivity index (χ1) is 9.69. The predicted octanol–water partition coefficient (Wildman–Crippen LogP) is 2.87. The predicted molar refractivity (Wildman–Crippen MR) is 78.5 cm³/mol. The van der Waals surface area contributed by atoms with E-state index in [2.05, 4.69) is 9.97 Å². The van der Waals surface area contributed by atoms with Gasteiger partial charge in [0.2, 0.25) is 5.28 Å². The van der Waals surface area contributed by atoms with Crippen LogP contribution in [0.25, 0.3) is 0 Å². The van der Waals surface area contributed by atoms with Gasteiger partial charge in [0.1, 0.15) is 5.60 Å². The fraction of sp³-hybridized carbons (Fsp3) is 0.615. The summed E-state index contributed by atoms with van der Waals surface area (Å²) in [5.74, 6) is -0.880. The molecular weight excluding hydrogens is 299 g/mol. The first-order valence-electron chi connectivity index (χ1n) is 6.60. The second-order valence-corrected chi connectivity index (χ2v) is 5.88. The van der Waals surface area contributed by atoms with E-state index in [9.17, 15) is 9.18 Å². The quantitative estimate of drug-likeness (QED) is 0.744. The van der Waals surface area contributed by atoms with Crippen molar-refractivity contribution in [3.63, 3.8) is 0 Å². The molecule has 2 rings (SSSR count). The number of aromatic nitrogens is 2. The van der Waals surface area contributed by atoms with Crippen LogP contribution in [0.1, 0.15) is 33.6 Å². The van der Waals surface area contributed by atoms with Crippen LogP contribution in [0.2, 0.25) is 5.28 Å². The lowest BCUT2D eigenvalue weighted by atomic mass is 10.2. The third kappa shape index (κ3) is 6.57. The molecule has 1 fully saturated rings. The number of hydrogen-bond donors (Lipinski definition) is 1. The summed E-state index contributed by atoms with van der Waals surface area (Å²) in [6, 6.07) is 0. The summed E-state index contributed by atoms with van der Waals surface area (Å²) in [4.78, 5) is 19.8. The van der Waals surface area contributed by atoms with Crippen LogP contribution in [0.4, 0.5) is 15.0 Å². The van der Waals surface area contributed by atoms with Crippen LogP contribution in [0, 0.1) is 5.82 Å². The average Bonchev–Trinajstić information content (AvgIpc) is 2.87. The summed E-state index contributed by atoms with van der Waals surface area (Å²) in [6.07, 6.45) is 2.98. The molecule has 0 spiro atoms. The third-order valence-corrected chi connectivity index (χ3v) is 2.68. The van der Waals surface area contributed by atoms with Gasteiger partial charge in [-0.25, -0.2) is 14.2 Å². The fourth-order valence-corrected chi connectivity index (χ4v) is 1.72. The highest BCUT2D eigenvalue weighted by molar-refractivity contribution is 6.28. The first kappa shape index (κ1) is 17.4. The second-order valence-electron chi connectivity index (χ2n) is 5.55. The summed E-state index contributed by atoms with van der Waals surface area (Å²) in [5.41, 5.74) is 4.65. The number of nitrogens with two attached hydrogens (primary N) is 1. The Labute approximate surface area is 128 Å². The van der Waals surface area contributed by atoms with Crippen LogP contribution in [0.3, 0.4) is 0 Å². The number of carbonyl (C=O) groups is 1. The molecule has 0 aromatic carbocycles. The van der Waals surface area contributed by atoms with Crippen molar-refractivity contribution in [2.24, 2.45) is 0 Å². The van der Waals surface area contributed by atoms with Crippen LogP contribution in [0.15, 0.2) is 6.20 Å². The van der Waals surface area contributed by atoms with Gasteiger partial charge in [-0.05, 0) is 45.2 Å². The normalized spacial score (nSPS) is 14.4. The number of nitrogen functional groups attached to an aromatic ring is 1. The Morgan fingerprint density at radius 1 is 1.43 bits per heavy atom. The van der Waals surface area contributed by atoms with Crippen molar-refractivity contribution in [2.45, 2.75) is 39.2 Å². The molecule has 0 aliphatic carbocycles. The molecule has 0 bridgehead atoms. The molecule has 0 radical (unpaired) electrons. The molecule has 6 nitrogen and oxygen atoms in total. The summed E-state index contributed by atoms with van der Waals surface area (Å²) in [7, 11) is 0. The Balaban J connectivity index is 0.000000219. The van der Waals surface area contributed by atoms with E-state index >= 15 is 0 Å². The molecule has 118 valence electrons. The number of ether oxygens (including phenoxy) is 1. The number of rotatable bonds is 0. The number of likely N-dealkylation sites (tertiary alicyclic amines) is 1. The molecule has 0 atom stereocenters. The highest BCUT2D eigenvalue weighted by Gasteiger charge is 2.23. The van der Waals surface area contributed by atoms with Crippen LogP contribution in [0.5, 0.6) is 0 Å². The van der Waals surface area contributed by atoms with Crippen LogP contribution in [-0.4, -0.2) is 39.7 Å². The molecule has 2 heterocycles. The van der Waals surface area contributed by atoms with Gasteiger partial charge in [0.15, 0.2) is 11.6 Å². The smallest absolute Gasteiger partial charge is 0.410 e. The number of amides is 1. The van der Waals surface area contributed by atoms with Crippen molar-refractivity contribution < 1.29 is 13.9 Å². The largest absolute Gasteiger partial charge is 0.444 e. The van der Waals surface area contributed by atoms with Crippen molar-refractivity contribution in [2.75, 3.05) is 18.8 Å². The maximum Gasteiger partial charge on any atom is 0.410 e. The summed E-state index contributed by atoms with van der Waals surface area (Å²) >= 11 is 5.25. The van der Waals surface area contributed by atoms with Gasteiger partial charge < -0.3 is 15.4 Å². The molecule has 1 aromatic rings. The first-order valence-corrected chi connectivity index (χ1v) is 6.98. The van der Waals surface area contributed by atoms with E-state index < -0.39 is 5.82 Å². The zero-order valence-corrected chi connectivity index (χ0v) is 13.2. The minimum Gasteiger partial charge on any atom is -0.444 e. The molecule has 1 aliphatic heterocycles. The lowest BCUT2D eigenvalue weighted by Gasteiger charge is -2.23. The topological polar surface area (TPSA) is 81.3 Å². The van der Waals surface area contributed by atoms with Gasteiger partial charge in [-0.15, -0.1) is 0 Å². The molecular formula is C13H20ClFN4O2. The summed E-state index contributed by atoms with van der Waals surface area (Å²) < 4.78 is 17.4. The Kier molecular flexibility index (Phi) is 6.14. The van der Waals surface area contributed by atoms with Gasteiger partial charge in [0, 0.05) is 13.1 Å². The lowest BCUT2D eigenvalue weighted by molar-refractivity contribution is 0.0295. The van der Waals surface area contributed by atoms with Gasteiger partial charge in [0.05, 0.1) is 6.20 Å². The van der Waals surface area contributed by atoms with Gasteiger partial charge in [-0.1, -0.05) is 0 Å². The maximum absolute atomic E-state index is 12.2. The van der Waals surface area contributed by atoms with Crippen molar-refractivity contribution in [3.8, 4) is 0 Å². The minimum atomic E-state index is -0.653. The zero-order valence-electron chi connectivity index (χ0n) is 12.4. The SMILES string of the molecule is CC(C)(C)OC(=O)N1CCCC1.Nc1nc(Cl)ncc1F. The molecule has 1 amide bonds. The Bertz CT molecular complexity index is 488. The van der Waals surface area contributed by atoms with Gasteiger partial charge >= 0.3 is 6.09 Å².